The maximum absolute atomic E-state index is 13.9. The predicted molar refractivity (Wildman–Crippen MR) is 97.8 cm³/mol. The number of amides is 1. The summed E-state index contributed by atoms with van der Waals surface area (Å²) in [6.07, 6.45) is 1.61. The number of piperazine rings is 1. The van der Waals surface area contributed by atoms with Crippen LogP contribution in [0.2, 0.25) is 0 Å². The molecule has 26 heavy (non-hydrogen) atoms. The fraction of sp³-hybridized carbons (Fsp3) is 0.316. The maximum Gasteiger partial charge on any atom is 0.255 e. The third-order valence-electron chi connectivity index (χ3n) is 4.87. The lowest BCUT2D eigenvalue weighted by Gasteiger charge is -2.36. The summed E-state index contributed by atoms with van der Waals surface area (Å²) >= 11 is 0. The zero-order chi connectivity index (χ0) is 18.3. The molecule has 7 heteroatoms. The molecule has 6 nitrogen and oxygen atoms in total. The Balaban J connectivity index is 1.50. The van der Waals surface area contributed by atoms with Gasteiger partial charge in [-0.15, -0.1) is 0 Å². The standard InChI is InChI=1S/C19H20FN5O/c1-13-15-11-14(12-21-18(15)23(2)22-13)19(26)25-9-7-24(8-10-25)17-6-4-3-5-16(17)20/h3-6,11-12H,7-10H2,1-2H3. The third-order valence-corrected chi connectivity index (χ3v) is 4.87. The molecule has 0 saturated carbocycles. The second kappa shape index (κ2) is 6.40. The van der Waals surface area contributed by atoms with Gasteiger partial charge in [0.1, 0.15) is 5.82 Å². The number of aryl methyl sites for hydroxylation is 2. The zero-order valence-corrected chi connectivity index (χ0v) is 14.8. The Morgan fingerprint density at radius 1 is 1.15 bits per heavy atom. The predicted octanol–water partition coefficient (Wildman–Crippen LogP) is 2.38. The van der Waals surface area contributed by atoms with Crippen LogP contribution in [0.1, 0.15) is 16.1 Å². The molecule has 1 amide bonds. The van der Waals surface area contributed by atoms with E-state index in [1.807, 2.05) is 31.0 Å². The first-order valence-electron chi connectivity index (χ1n) is 8.62. The van der Waals surface area contributed by atoms with E-state index in [1.54, 1.807) is 27.9 Å². The molecule has 1 aliphatic heterocycles. The van der Waals surface area contributed by atoms with Gasteiger partial charge in [0.2, 0.25) is 0 Å². The molecule has 0 unspecified atom stereocenters. The van der Waals surface area contributed by atoms with E-state index >= 15 is 0 Å². The Morgan fingerprint density at radius 3 is 2.62 bits per heavy atom. The largest absolute Gasteiger partial charge is 0.366 e. The molecule has 1 aliphatic rings. The Bertz CT molecular complexity index is 975. The van der Waals surface area contributed by atoms with Crippen molar-refractivity contribution in [3.8, 4) is 0 Å². The van der Waals surface area contributed by atoms with Gasteiger partial charge in [-0.1, -0.05) is 12.1 Å². The van der Waals surface area contributed by atoms with Gasteiger partial charge in [0, 0.05) is 44.8 Å². The van der Waals surface area contributed by atoms with Gasteiger partial charge in [0.25, 0.3) is 5.91 Å². The number of aromatic nitrogens is 3. The van der Waals surface area contributed by atoms with E-state index in [0.29, 0.717) is 37.4 Å². The van der Waals surface area contributed by atoms with Crippen LogP contribution in [0.3, 0.4) is 0 Å². The lowest BCUT2D eigenvalue weighted by Crippen LogP contribution is -2.49. The summed E-state index contributed by atoms with van der Waals surface area (Å²) in [5.74, 6) is -0.273. The molecule has 2 aromatic heterocycles. The van der Waals surface area contributed by atoms with E-state index < -0.39 is 0 Å². The van der Waals surface area contributed by atoms with Gasteiger partial charge < -0.3 is 9.80 Å². The highest BCUT2D eigenvalue weighted by atomic mass is 19.1. The monoisotopic (exact) mass is 353 g/mol. The van der Waals surface area contributed by atoms with Gasteiger partial charge in [0.05, 0.1) is 16.9 Å². The highest BCUT2D eigenvalue weighted by Crippen LogP contribution is 2.22. The highest BCUT2D eigenvalue weighted by Gasteiger charge is 2.24. The first kappa shape index (κ1) is 16.5. The maximum atomic E-state index is 13.9. The molecule has 3 aromatic rings. The number of rotatable bonds is 2. The summed E-state index contributed by atoms with van der Waals surface area (Å²) in [4.78, 5) is 21.0. The lowest BCUT2D eigenvalue weighted by molar-refractivity contribution is 0.0746. The van der Waals surface area contributed by atoms with Crippen LogP contribution in [0, 0.1) is 12.7 Å². The number of halogens is 1. The summed E-state index contributed by atoms with van der Waals surface area (Å²) in [5, 5.41) is 5.23. The number of pyridine rings is 1. The minimum atomic E-state index is -0.228. The molecular formula is C19H20FN5O. The van der Waals surface area contributed by atoms with Gasteiger partial charge in [-0.3, -0.25) is 9.48 Å². The van der Waals surface area contributed by atoms with Crippen LogP contribution in [-0.4, -0.2) is 51.8 Å². The van der Waals surface area contributed by atoms with Crippen LogP contribution in [-0.2, 0) is 7.05 Å². The summed E-state index contributed by atoms with van der Waals surface area (Å²) < 4.78 is 15.7. The summed E-state index contributed by atoms with van der Waals surface area (Å²) in [6, 6.07) is 8.60. The van der Waals surface area contributed by atoms with E-state index in [0.717, 1.165) is 16.7 Å². The van der Waals surface area contributed by atoms with Crippen molar-refractivity contribution in [2.24, 2.45) is 7.05 Å². The van der Waals surface area contributed by atoms with Crippen molar-refractivity contribution in [2.45, 2.75) is 6.92 Å². The Kier molecular flexibility index (Phi) is 4.06. The molecule has 0 atom stereocenters. The van der Waals surface area contributed by atoms with Gasteiger partial charge >= 0.3 is 0 Å². The number of nitrogens with zero attached hydrogens (tertiary/aromatic N) is 5. The second-order valence-corrected chi connectivity index (χ2v) is 6.53. The minimum Gasteiger partial charge on any atom is -0.366 e. The first-order chi connectivity index (χ1) is 12.5. The molecule has 0 bridgehead atoms. The normalized spacial score (nSPS) is 14.9. The SMILES string of the molecule is Cc1nn(C)c2ncc(C(=O)N3CCN(c4ccccc4F)CC3)cc12. The topological polar surface area (TPSA) is 54.3 Å². The number of anilines is 1. The highest BCUT2D eigenvalue weighted by molar-refractivity contribution is 5.97. The third kappa shape index (κ3) is 2.79. The van der Waals surface area contributed by atoms with E-state index in [1.165, 1.54) is 6.07 Å². The molecule has 0 radical (unpaired) electrons. The van der Waals surface area contributed by atoms with Crippen LogP contribution in [0.4, 0.5) is 10.1 Å². The van der Waals surface area contributed by atoms with Crippen molar-refractivity contribution >= 4 is 22.6 Å². The van der Waals surface area contributed by atoms with Gasteiger partial charge in [0.15, 0.2) is 5.65 Å². The van der Waals surface area contributed by atoms with Crippen LogP contribution >= 0.6 is 0 Å². The summed E-state index contributed by atoms with van der Waals surface area (Å²) in [5.41, 5.74) is 2.78. The van der Waals surface area contributed by atoms with E-state index in [-0.39, 0.29) is 11.7 Å². The number of para-hydroxylation sites is 1. The lowest BCUT2D eigenvalue weighted by atomic mass is 10.1. The van der Waals surface area contributed by atoms with Gasteiger partial charge in [-0.2, -0.15) is 5.10 Å². The second-order valence-electron chi connectivity index (χ2n) is 6.53. The summed E-state index contributed by atoms with van der Waals surface area (Å²) in [6.45, 7) is 4.22. The van der Waals surface area contributed by atoms with Crippen molar-refractivity contribution in [1.29, 1.82) is 0 Å². The van der Waals surface area contributed by atoms with Crippen molar-refractivity contribution in [1.82, 2.24) is 19.7 Å². The van der Waals surface area contributed by atoms with E-state index in [2.05, 4.69) is 10.1 Å². The number of hydrogen-bond donors (Lipinski definition) is 0. The number of fused-ring (bicyclic) bond motifs is 1. The van der Waals surface area contributed by atoms with Crippen molar-refractivity contribution in [3.63, 3.8) is 0 Å². The molecular weight excluding hydrogens is 333 g/mol. The Labute approximate surface area is 150 Å². The van der Waals surface area contributed by atoms with Crippen molar-refractivity contribution < 1.29 is 9.18 Å². The molecule has 0 N–H and O–H groups in total. The smallest absolute Gasteiger partial charge is 0.255 e. The quantitative estimate of drug-likeness (QED) is 0.710. The van der Waals surface area contributed by atoms with E-state index in [4.69, 9.17) is 0 Å². The fourth-order valence-corrected chi connectivity index (χ4v) is 3.47. The molecule has 1 fully saturated rings. The molecule has 134 valence electrons. The molecule has 1 saturated heterocycles. The van der Waals surface area contributed by atoms with E-state index in [9.17, 15) is 9.18 Å². The molecule has 1 aromatic carbocycles. The van der Waals surface area contributed by atoms with Crippen molar-refractivity contribution in [2.75, 3.05) is 31.1 Å². The Hall–Kier alpha value is -2.96. The van der Waals surface area contributed by atoms with Crippen LogP contribution < -0.4 is 4.90 Å². The first-order valence-corrected chi connectivity index (χ1v) is 8.62. The number of hydrogen-bond acceptors (Lipinski definition) is 4. The molecule has 0 aliphatic carbocycles. The van der Waals surface area contributed by atoms with Gasteiger partial charge in [-0.05, 0) is 25.1 Å². The van der Waals surface area contributed by atoms with Crippen molar-refractivity contribution in [3.05, 3.63) is 53.6 Å². The molecule has 0 spiro atoms. The Morgan fingerprint density at radius 2 is 1.88 bits per heavy atom. The average Bonchev–Trinajstić information content (AvgIpc) is 2.95. The molecule has 4 rings (SSSR count). The number of benzene rings is 1. The average molecular weight is 353 g/mol. The number of carbonyl (C=O) groups is 1. The van der Waals surface area contributed by atoms with Gasteiger partial charge in [-0.25, -0.2) is 9.37 Å². The zero-order valence-electron chi connectivity index (χ0n) is 14.8. The van der Waals surface area contributed by atoms with Crippen LogP contribution in [0.15, 0.2) is 36.5 Å². The summed E-state index contributed by atoms with van der Waals surface area (Å²) in [7, 11) is 1.84. The fourth-order valence-electron chi connectivity index (χ4n) is 3.47. The van der Waals surface area contributed by atoms with Crippen LogP contribution in [0.25, 0.3) is 11.0 Å². The minimum absolute atomic E-state index is 0.0455. The molecule has 3 heterocycles. The number of carbonyl (C=O) groups excluding carboxylic acids is 1. The van der Waals surface area contributed by atoms with Crippen LogP contribution in [0.5, 0.6) is 0 Å².